The standard InChI is InChI=1S/C16H12FN3O/c17-12-7-5-11(6-8-12)15(21)20-10-9-19-14-4-2-1-3-13(14)18-16(19)20/h1-8H,9-10H2. The molecule has 0 atom stereocenters. The molecule has 0 saturated heterocycles. The maximum absolute atomic E-state index is 13.0. The second-order valence-electron chi connectivity index (χ2n) is 5.02. The van der Waals surface area contributed by atoms with Gasteiger partial charge >= 0.3 is 0 Å². The molecule has 21 heavy (non-hydrogen) atoms. The molecule has 1 aliphatic rings. The van der Waals surface area contributed by atoms with Crippen molar-refractivity contribution in [3.05, 3.63) is 59.9 Å². The van der Waals surface area contributed by atoms with Gasteiger partial charge in [-0.3, -0.25) is 9.69 Å². The summed E-state index contributed by atoms with van der Waals surface area (Å²) in [7, 11) is 0. The minimum atomic E-state index is -0.347. The van der Waals surface area contributed by atoms with Crippen LogP contribution in [-0.2, 0) is 6.54 Å². The van der Waals surface area contributed by atoms with Gasteiger partial charge in [-0.15, -0.1) is 0 Å². The highest BCUT2D eigenvalue weighted by Crippen LogP contribution is 2.28. The summed E-state index contributed by atoms with van der Waals surface area (Å²) in [5, 5.41) is 0. The van der Waals surface area contributed by atoms with Gasteiger partial charge in [0.1, 0.15) is 5.82 Å². The number of carbonyl (C=O) groups is 1. The van der Waals surface area contributed by atoms with Gasteiger partial charge in [0.2, 0.25) is 5.95 Å². The Labute approximate surface area is 120 Å². The summed E-state index contributed by atoms with van der Waals surface area (Å²) in [5.41, 5.74) is 2.38. The van der Waals surface area contributed by atoms with Gasteiger partial charge < -0.3 is 4.57 Å². The topological polar surface area (TPSA) is 38.1 Å². The summed E-state index contributed by atoms with van der Waals surface area (Å²) in [6, 6.07) is 13.4. The Balaban J connectivity index is 1.76. The summed E-state index contributed by atoms with van der Waals surface area (Å²) >= 11 is 0. The highest BCUT2D eigenvalue weighted by Gasteiger charge is 2.28. The number of halogens is 1. The highest BCUT2D eigenvalue weighted by atomic mass is 19.1. The lowest BCUT2D eigenvalue weighted by Crippen LogP contribution is -2.29. The molecule has 104 valence electrons. The number of hydrogen-bond donors (Lipinski definition) is 0. The minimum Gasteiger partial charge on any atom is -0.308 e. The van der Waals surface area contributed by atoms with Crippen LogP contribution < -0.4 is 4.90 Å². The van der Waals surface area contributed by atoms with E-state index in [0.29, 0.717) is 18.1 Å². The number of nitrogens with zero attached hydrogens (tertiary/aromatic N) is 3. The lowest BCUT2D eigenvalue weighted by atomic mass is 10.2. The molecular weight excluding hydrogens is 269 g/mol. The molecule has 0 N–H and O–H groups in total. The first-order chi connectivity index (χ1) is 10.2. The molecule has 0 unspecified atom stereocenters. The third-order valence-corrected chi connectivity index (χ3v) is 3.76. The Kier molecular flexibility index (Phi) is 2.54. The van der Waals surface area contributed by atoms with Gasteiger partial charge in [-0.1, -0.05) is 12.1 Å². The second-order valence-corrected chi connectivity index (χ2v) is 5.02. The lowest BCUT2D eigenvalue weighted by molar-refractivity contribution is 0.0988. The van der Waals surface area contributed by atoms with E-state index < -0.39 is 0 Å². The molecule has 5 heteroatoms. The van der Waals surface area contributed by atoms with Crippen molar-refractivity contribution in [1.29, 1.82) is 0 Å². The molecule has 0 aliphatic carbocycles. The molecule has 2 heterocycles. The number of para-hydroxylation sites is 2. The van der Waals surface area contributed by atoms with E-state index >= 15 is 0 Å². The number of hydrogen-bond acceptors (Lipinski definition) is 2. The zero-order chi connectivity index (χ0) is 14.4. The molecular formula is C16H12FN3O. The quantitative estimate of drug-likeness (QED) is 0.688. The normalized spacial score (nSPS) is 13.7. The predicted molar refractivity (Wildman–Crippen MR) is 77.8 cm³/mol. The van der Waals surface area contributed by atoms with Gasteiger partial charge in [-0.2, -0.15) is 0 Å². The molecule has 0 saturated carbocycles. The summed E-state index contributed by atoms with van der Waals surface area (Å²) in [6.45, 7) is 1.31. The van der Waals surface area contributed by atoms with E-state index in [0.717, 1.165) is 17.6 Å². The number of fused-ring (bicyclic) bond motifs is 3. The van der Waals surface area contributed by atoms with Crippen LogP contribution in [0.1, 0.15) is 10.4 Å². The molecule has 4 rings (SSSR count). The molecule has 0 radical (unpaired) electrons. The van der Waals surface area contributed by atoms with E-state index in [1.165, 1.54) is 24.3 Å². The van der Waals surface area contributed by atoms with Gasteiger partial charge in [0.25, 0.3) is 5.91 Å². The number of rotatable bonds is 1. The van der Waals surface area contributed by atoms with E-state index in [2.05, 4.69) is 4.98 Å². The van der Waals surface area contributed by atoms with Crippen molar-refractivity contribution in [3.63, 3.8) is 0 Å². The van der Waals surface area contributed by atoms with E-state index in [1.54, 1.807) is 4.90 Å². The number of anilines is 1. The Morgan fingerprint density at radius 3 is 2.62 bits per heavy atom. The third kappa shape index (κ3) is 1.81. The fourth-order valence-electron chi connectivity index (χ4n) is 2.73. The second kappa shape index (κ2) is 4.41. The van der Waals surface area contributed by atoms with Crippen molar-refractivity contribution >= 4 is 22.9 Å². The zero-order valence-electron chi connectivity index (χ0n) is 11.2. The predicted octanol–water partition coefficient (Wildman–Crippen LogP) is 2.84. The Bertz CT molecular complexity index is 838. The van der Waals surface area contributed by atoms with Crippen LogP contribution in [0.25, 0.3) is 11.0 Å². The molecule has 3 aromatic rings. The van der Waals surface area contributed by atoms with Crippen molar-refractivity contribution in [2.24, 2.45) is 0 Å². The zero-order valence-corrected chi connectivity index (χ0v) is 11.2. The van der Waals surface area contributed by atoms with E-state index in [-0.39, 0.29) is 11.7 Å². The number of imidazole rings is 1. The van der Waals surface area contributed by atoms with Gasteiger partial charge in [0.15, 0.2) is 0 Å². The Morgan fingerprint density at radius 2 is 1.81 bits per heavy atom. The summed E-state index contributed by atoms with van der Waals surface area (Å²) < 4.78 is 15.0. The summed E-state index contributed by atoms with van der Waals surface area (Å²) in [4.78, 5) is 18.7. The molecule has 2 aromatic carbocycles. The van der Waals surface area contributed by atoms with Gasteiger partial charge in [0, 0.05) is 18.7 Å². The molecule has 1 aliphatic heterocycles. The number of aromatic nitrogens is 2. The first-order valence-corrected chi connectivity index (χ1v) is 6.77. The van der Waals surface area contributed by atoms with Crippen molar-refractivity contribution < 1.29 is 9.18 Å². The molecule has 0 fully saturated rings. The Hall–Kier alpha value is -2.69. The third-order valence-electron chi connectivity index (χ3n) is 3.76. The first kappa shape index (κ1) is 12.1. The molecule has 1 amide bonds. The number of benzene rings is 2. The highest BCUT2D eigenvalue weighted by molar-refractivity contribution is 6.06. The van der Waals surface area contributed by atoms with E-state index in [9.17, 15) is 9.18 Å². The van der Waals surface area contributed by atoms with Crippen LogP contribution in [0.5, 0.6) is 0 Å². The van der Waals surface area contributed by atoms with Gasteiger partial charge in [-0.25, -0.2) is 9.37 Å². The van der Waals surface area contributed by atoms with Gasteiger partial charge in [0.05, 0.1) is 11.0 Å². The van der Waals surface area contributed by atoms with Crippen molar-refractivity contribution in [2.45, 2.75) is 6.54 Å². The fraction of sp³-hybridized carbons (Fsp3) is 0.125. The average Bonchev–Trinajstić information content (AvgIpc) is 3.06. The van der Waals surface area contributed by atoms with Crippen molar-refractivity contribution in [2.75, 3.05) is 11.4 Å². The summed E-state index contributed by atoms with van der Waals surface area (Å²) in [5.74, 6) is 0.162. The van der Waals surface area contributed by atoms with Crippen LogP contribution in [0.15, 0.2) is 48.5 Å². The SMILES string of the molecule is O=C(c1ccc(F)cc1)N1CCn2c1nc1ccccc12. The number of carbonyl (C=O) groups excluding carboxylic acids is 1. The van der Waals surface area contributed by atoms with Gasteiger partial charge in [-0.05, 0) is 36.4 Å². The van der Waals surface area contributed by atoms with Crippen LogP contribution >= 0.6 is 0 Å². The van der Waals surface area contributed by atoms with Crippen LogP contribution in [0, 0.1) is 5.82 Å². The van der Waals surface area contributed by atoms with Crippen LogP contribution in [0.4, 0.5) is 10.3 Å². The maximum atomic E-state index is 13.0. The van der Waals surface area contributed by atoms with Crippen molar-refractivity contribution in [3.8, 4) is 0 Å². The average molecular weight is 281 g/mol. The maximum Gasteiger partial charge on any atom is 0.260 e. The minimum absolute atomic E-state index is 0.149. The lowest BCUT2D eigenvalue weighted by Gasteiger charge is -2.13. The largest absolute Gasteiger partial charge is 0.308 e. The first-order valence-electron chi connectivity index (χ1n) is 6.77. The monoisotopic (exact) mass is 281 g/mol. The summed E-state index contributed by atoms with van der Waals surface area (Å²) in [6.07, 6.45) is 0. The van der Waals surface area contributed by atoms with E-state index in [1.807, 2.05) is 28.8 Å². The molecule has 1 aromatic heterocycles. The molecule has 0 spiro atoms. The smallest absolute Gasteiger partial charge is 0.260 e. The van der Waals surface area contributed by atoms with Crippen LogP contribution in [0.3, 0.4) is 0 Å². The fourth-order valence-corrected chi connectivity index (χ4v) is 2.73. The van der Waals surface area contributed by atoms with Crippen LogP contribution in [0.2, 0.25) is 0 Å². The Morgan fingerprint density at radius 1 is 1.05 bits per heavy atom. The molecule has 0 bridgehead atoms. The molecule has 4 nitrogen and oxygen atoms in total. The number of amides is 1. The van der Waals surface area contributed by atoms with E-state index in [4.69, 9.17) is 0 Å². The van der Waals surface area contributed by atoms with Crippen molar-refractivity contribution in [1.82, 2.24) is 9.55 Å². The van der Waals surface area contributed by atoms with Crippen LogP contribution in [-0.4, -0.2) is 22.0 Å².